The van der Waals surface area contributed by atoms with Gasteiger partial charge < -0.3 is 25.1 Å². The summed E-state index contributed by atoms with van der Waals surface area (Å²) in [5.41, 5.74) is 1.59. The summed E-state index contributed by atoms with van der Waals surface area (Å²) in [5, 5.41) is 8.42. The molecular weight excluding hydrogens is 574 g/mol. The maximum Gasteiger partial charge on any atom is 0.272 e. The lowest BCUT2D eigenvalue weighted by atomic mass is 9.97. The number of aromatic nitrogens is 2. The fraction of sp³-hybridized carbons (Fsp3) is 0.294. The summed E-state index contributed by atoms with van der Waals surface area (Å²) >= 11 is 0. The largest absolute Gasteiger partial charge is 0.497 e. The smallest absolute Gasteiger partial charge is 0.272 e. The second-order valence-electron chi connectivity index (χ2n) is 11.0. The minimum Gasteiger partial charge on any atom is -0.497 e. The molecule has 0 saturated carbocycles. The van der Waals surface area contributed by atoms with Gasteiger partial charge in [0, 0.05) is 25.2 Å². The van der Waals surface area contributed by atoms with Gasteiger partial charge in [-0.25, -0.2) is 4.98 Å². The fourth-order valence-corrected chi connectivity index (χ4v) is 4.75. The standard InChI is InChI=1S/C34H37N5O6/c1-22(2)18-26(31(40)30-10-7-17-45-30)37-32(41)28(20-24-11-13-25(44-3)14-12-24)38-33(42)27(19-23-8-5-4-6-9-23)39-34(43)29-21-35-15-16-36-29/h4-17,21-22,26-28H,18-20H2,1-3H3,(H,37,41)(H,38,42)(H,39,43). The highest BCUT2D eigenvalue weighted by atomic mass is 16.5. The van der Waals surface area contributed by atoms with Crippen molar-refractivity contribution in [3.8, 4) is 5.75 Å². The van der Waals surface area contributed by atoms with E-state index in [4.69, 9.17) is 9.15 Å². The molecule has 2 aromatic heterocycles. The van der Waals surface area contributed by atoms with Gasteiger partial charge in [-0.05, 0) is 47.7 Å². The van der Waals surface area contributed by atoms with Crippen LogP contribution >= 0.6 is 0 Å². The summed E-state index contributed by atoms with van der Waals surface area (Å²) in [6.45, 7) is 3.89. The quantitative estimate of drug-likeness (QED) is 0.173. The molecule has 0 aliphatic heterocycles. The van der Waals surface area contributed by atoms with Crippen LogP contribution in [0.3, 0.4) is 0 Å². The maximum absolute atomic E-state index is 13.9. The number of benzene rings is 2. The molecule has 2 heterocycles. The summed E-state index contributed by atoms with van der Waals surface area (Å²) in [6, 6.07) is 16.4. The molecule has 0 fully saturated rings. The van der Waals surface area contributed by atoms with Gasteiger partial charge in [-0.15, -0.1) is 0 Å². The van der Waals surface area contributed by atoms with E-state index < -0.39 is 35.8 Å². The number of methoxy groups -OCH3 is 1. The van der Waals surface area contributed by atoms with Crippen LogP contribution in [0.4, 0.5) is 0 Å². The third kappa shape index (κ3) is 9.59. The van der Waals surface area contributed by atoms with E-state index in [1.165, 1.54) is 24.9 Å². The Balaban J connectivity index is 1.60. The third-order valence-corrected chi connectivity index (χ3v) is 7.04. The van der Waals surface area contributed by atoms with Gasteiger partial charge in [-0.2, -0.15) is 0 Å². The first-order chi connectivity index (χ1) is 21.7. The molecule has 0 bridgehead atoms. The Hall–Kier alpha value is -5.32. The molecule has 0 radical (unpaired) electrons. The van der Waals surface area contributed by atoms with Crippen molar-refractivity contribution in [2.45, 2.75) is 51.2 Å². The SMILES string of the molecule is COc1ccc(CC(NC(=O)C(Cc2ccccc2)NC(=O)c2cnccn2)C(=O)NC(CC(C)C)C(=O)c2ccco2)cc1. The van der Waals surface area contributed by atoms with Crippen molar-refractivity contribution in [3.05, 3.63) is 114 Å². The first-order valence-electron chi connectivity index (χ1n) is 14.7. The number of ketones is 1. The number of carbonyl (C=O) groups excluding carboxylic acids is 4. The normalized spacial score (nSPS) is 12.9. The topological polar surface area (TPSA) is 153 Å². The minimum absolute atomic E-state index is 0.0452. The Bertz CT molecular complexity index is 1540. The Morgan fingerprint density at radius 1 is 0.778 bits per heavy atom. The molecule has 3 N–H and O–H groups in total. The van der Waals surface area contributed by atoms with E-state index >= 15 is 0 Å². The Labute approximate surface area is 261 Å². The summed E-state index contributed by atoms with van der Waals surface area (Å²) in [6.07, 6.45) is 6.15. The molecular formula is C34H37N5O6. The fourth-order valence-electron chi connectivity index (χ4n) is 4.75. The summed E-state index contributed by atoms with van der Waals surface area (Å²) < 4.78 is 10.6. The molecule has 3 unspecified atom stereocenters. The van der Waals surface area contributed by atoms with Crippen molar-refractivity contribution in [2.75, 3.05) is 7.11 Å². The highest BCUT2D eigenvalue weighted by Gasteiger charge is 2.31. The zero-order valence-corrected chi connectivity index (χ0v) is 25.4. The van der Waals surface area contributed by atoms with Crippen LogP contribution in [0, 0.1) is 5.92 Å². The number of nitrogens with one attached hydrogen (secondary N) is 3. The van der Waals surface area contributed by atoms with E-state index in [1.807, 2.05) is 44.2 Å². The van der Waals surface area contributed by atoms with Gasteiger partial charge in [-0.1, -0.05) is 56.3 Å². The van der Waals surface area contributed by atoms with E-state index in [2.05, 4.69) is 25.9 Å². The van der Waals surface area contributed by atoms with Gasteiger partial charge in [0.05, 0.1) is 25.6 Å². The van der Waals surface area contributed by atoms with Gasteiger partial charge in [0.25, 0.3) is 5.91 Å². The minimum atomic E-state index is -1.09. The monoisotopic (exact) mass is 611 g/mol. The first kappa shape index (κ1) is 32.6. The Morgan fingerprint density at radius 3 is 2.00 bits per heavy atom. The average Bonchev–Trinajstić information content (AvgIpc) is 3.60. The van der Waals surface area contributed by atoms with Gasteiger partial charge in [-0.3, -0.25) is 24.2 Å². The van der Waals surface area contributed by atoms with Crippen LogP contribution < -0.4 is 20.7 Å². The van der Waals surface area contributed by atoms with Gasteiger partial charge in [0.15, 0.2) is 5.76 Å². The molecule has 3 atom stereocenters. The van der Waals surface area contributed by atoms with Crippen LogP contribution in [0.5, 0.6) is 5.75 Å². The number of ether oxygens (including phenoxy) is 1. The van der Waals surface area contributed by atoms with E-state index in [0.29, 0.717) is 12.2 Å². The Morgan fingerprint density at radius 2 is 1.42 bits per heavy atom. The van der Waals surface area contributed by atoms with E-state index in [9.17, 15) is 19.2 Å². The molecule has 2 aromatic carbocycles. The summed E-state index contributed by atoms with van der Waals surface area (Å²) in [7, 11) is 1.55. The van der Waals surface area contributed by atoms with Crippen LogP contribution in [0.1, 0.15) is 52.4 Å². The zero-order valence-electron chi connectivity index (χ0n) is 25.4. The molecule has 3 amide bonds. The van der Waals surface area contributed by atoms with Gasteiger partial charge >= 0.3 is 0 Å². The molecule has 0 saturated heterocycles. The second kappa shape index (κ2) is 15.9. The van der Waals surface area contributed by atoms with Crippen LogP contribution in [0.2, 0.25) is 0 Å². The van der Waals surface area contributed by atoms with Gasteiger partial charge in [0.1, 0.15) is 23.5 Å². The van der Waals surface area contributed by atoms with Crippen molar-refractivity contribution >= 4 is 23.5 Å². The van der Waals surface area contributed by atoms with Crippen molar-refractivity contribution < 1.29 is 28.3 Å². The van der Waals surface area contributed by atoms with Crippen LogP contribution in [0.25, 0.3) is 0 Å². The van der Waals surface area contributed by atoms with E-state index in [0.717, 1.165) is 11.1 Å². The van der Waals surface area contributed by atoms with Crippen molar-refractivity contribution in [1.82, 2.24) is 25.9 Å². The lowest BCUT2D eigenvalue weighted by Crippen LogP contribution is -2.57. The molecule has 0 aliphatic carbocycles. The van der Waals surface area contributed by atoms with Crippen LogP contribution in [-0.2, 0) is 22.4 Å². The number of furan rings is 1. The zero-order chi connectivity index (χ0) is 32.2. The molecule has 0 aliphatic rings. The van der Waals surface area contributed by atoms with Crippen LogP contribution in [-0.4, -0.2) is 58.7 Å². The molecule has 234 valence electrons. The van der Waals surface area contributed by atoms with Gasteiger partial charge in [0.2, 0.25) is 17.6 Å². The van der Waals surface area contributed by atoms with E-state index in [-0.39, 0.29) is 36.0 Å². The summed E-state index contributed by atoms with van der Waals surface area (Å²) in [5.74, 6) is -1.24. The summed E-state index contributed by atoms with van der Waals surface area (Å²) in [4.78, 5) is 62.0. The second-order valence-corrected chi connectivity index (χ2v) is 11.0. The van der Waals surface area contributed by atoms with Crippen molar-refractivity contribution in [3.63, 3.8) is 0 Å². The highest BCUT2D eigenvalue weighted by molar-refractivity contribution is 6.01. The lowest BCUT2D eigenvalue weighted by molar-refractivity contribution is -0.130. The van der Waals surface area contributed by atoms with E-state index in [1.54, 1.807) is 43.5 Å². The number of Topliss-reactive ketones (excluding diaryl/α,β-unsaturated/α-hetero) is 1. The predicted molar refractivity (Wildman–Crippen MR) is 166 cm³/mol. The number of nitrogens with zero attached hydrogens (tertiary/aromatic N) is 2. The number of rotatable bonds is 15. The average molecular weight is 612 g/mol. The first-order valence-corrected chi connectivity index (χ1v) is 14.7. The number of amides is 3. The third-order valence-electron chi connectivity index (χ3n) is 7.04. The van der Waals surface area contributed by atoms with Crippen LogP contribution in [0.15, 0.2) is 96.0 Å². The van der Waals surface area contributed by atoms with Crippen molar-refractivity contribution in [2.24, 2.45) is 5.92 Å². The highest BCUT2D eigenvalue weighted by Crippen LogP contribution is 2.16. The number of hydrogen-bond acceptors (Lipinski definition) is 8. The predicted octanol–water partition coefficient (Wildman–Crippen LogP) is 3.56. The Kier molecular flexibility index (Phi) is 11.6. The molecule has 4 rings (SSSR count). The lowest BCUT2D eigenvalue weighted by Gasteiger charge is -2.26. The molecule has 0 spiro atoms. The number of carbonyl (C=O) groups is 4. The molecule has 11 nitrogen and oxygen atoms in total. The maximum atomic E-state index is 13.9. The number of hydrogen-bond donors (Lipinski definition) is 3. The molecule has 4 aromatic rings. The molecule has 11 heteroatoms. The van der Waals surface area contributed by atoms with Crippen molar-refractivity contribution in [1.29, 1.82) is 0 Å². The molecule has 45 heavy (non-hydrogen) atoms.